The van der Waals surface area contributed by atoms with E-state index in [1.165, 1.54) is 6.33 Å². The molecule has 1 aromatic carbocycles. The number of halogens is 1. The van der Waals surface area contributed by atoms with Gasteiger partial charge in [-0.2, -0.15) is 0 Å². The molecule has 0 aliphatic heterocycles. The van der Waals surface area contributed by atoms with Gasteiger partial charge in [-0.05, 0) is 25.1 Å². The van der Waals surface area contributed by atoms with Gasteiger partial charge >= 0.3 is 0 Å². The number of carbonyl (C=O) groups is 1. The lowest BCUT2D eigenvalue weighted by Gasteiger charge is -2.03. The summed E-state index contributed by atoms with van der Waals surface area (Å²) < 4.78 is 0.920. The number of nitrogens with zero attached hydrogens (tertiary/aromatic N) is 1. The number of anilines is 1. The summed E-state index contributed by atoms with van der Waals surface area (Å²) >= 11 is 3.34. The smallest absolute Gasteiger partial charge is 0.276 e. The summed E-state index contributed by atoms with van der Waals surface area (Å²) in [6.45, 7) is 1.81. The zero-order valence-corrected chi connectivity index (χ0v) is 10.2. The second kappa shape index (κ2) is 4.49. The molecule has 0 aliphatic rings. The minimum atomic E-state index is -0.211. The van der Waals surface area contributed by atoms with Crippen LogP contribution in [0, 0.1) is 6.92 Å². The second-order valence-electron chi connectivity index (χ2n) is 3.34. The van der Waals surface area contributed by atoms with Crippen molar-refractivity contribution in [2.45, 2.75) is 6.92 Å². The summed E-state index contributed by atoms with van der Waals surface area (Å²) in [5.41, 5.74) is 1.91. The number of benzene rings is 1. The second-order valence-corrected chi connectivity index (χ2v) is 4.26. The Morgan fingerprint density at radius 2 is 2.31 bits per heavy atom. The Balaban J connectivity index is 2.17. The number of hydrogen-bond acceptors (Lipinski definition) is 2. The molecule has 0 aliphatic carbocycles. The van der Waals surface area contributed by atoms with E-state index >= 15 is 0 Å². The maximum atomic E-state index is 11.8. The van der Waals surface area contributed by atoms with Crippen molar-refractivity contribution in [1.29, 1.82) is 0 Å². The van der Waals surface area contributed by atoms with Crippen molar-refractivity contribution in [3.8, 4) is 0 Å². The highest BCUT2D eigenvalue weighted by Crippen LogP contribution is 2.16. The highest BCUT2D eigenvalue weighted by Gasteiger charge is 2.11. The molecule has 0 unspecified atom stereocenters. The summed E-state index contributed by atoms with van der Waals surface area (Å²) in [5.74, 6) is -0.211. The summed E-state index contributed by atoms with van der Waals surface area (Å²) in [7, 11) is 0. The first-order valence-corrected chi connectivity index (χ1v) is 5.53. The van der Waals surface area contributed by atoms with Crippen molar-refractivity contribution >= 4 is 27.5 Å². The van der Waals surface area contributed by atoms with Crippen LogP contribution in [0.3, 0.4) is 0 Å². The Labute approximate surface area is 101 Å². The maximum Gasteiger partial charge on any atom is 0.276 e. The molecule has 82 valence electrons. The quantitative estimate of drug-likeness (QED) is 0.888. The van der Waals surface area contributed by atoms with Gasteiger partial charge in [-0.3, -0.25) is 4.79 Å². The molecule has 1 amide bonds. The number of aryl methyl sites for hydroxylation is 1. The van der Waals surface area contributed by atoms with E-state index < -0.39 is 0 Å². The van der Waals surface area contributed by atoms with E-state index in [-0.39, 0.29) is 5.91 Å². The van der Waals surface area contributed by atoms with Crippen LogP contribution in [0.5, 0.6) is 0 Å². The van der Waals surface area contributed by atoms with Crippen LogP contribution in [0.2, 0.25) is 0 Å². The Morgan fingerprint density at radius 3 is 2.94 bits per heavy atom. The van der Waals surface area contributed by atoms with Crippen LogP contribution in [0.1, 0.15) is 16.2 Å². The first-order valence-electron chi connectivity index (χ1n) is 4.73. The molecule has 0 saturated carbocycles. The number of amides is 1. The van der Waals surface area contributed by atoms with Crippen molar-refractivity contribution in [2.24, 2.45) is 0 Å². The van der Waals surface area contributed by atoms with Crippen LogP contribution < -0.4 is 5.32 Å². The highest BCUT2D eigenvalue weighted by molar-refractivity contribution is 9.10. The fourth-order valence-corrected chi connectivity index (χ4v) is 1.74. The van der Waals surface area contributed by atoms with Crippen molar-refractivity contribution in [1.82, 2.24) is 9.97 Å². The third kappa shape index (κ3) is 2.30. The fourth-order valence-electron chi connectivity index (χ4n) is 1.34. The van der Waals surface area contributed by atoms with Crippen LogP contribution in [0.25, 0.3) is 0 Å². The number of carbonyl (C=O) groups excluding carboxylic acids is 1. The molecular formula is C11H10BrN3O. The number of aromatic amines is 1. The Kier molecular flexibility index (Phi) is 3.05. The van der Waals surface area contributed by atoms with Gasteiger partial charge in [-0.25, -0.2) is 4.98 Å². The van der Waals surface area contributed by atoms with Gasteiger partial charge in [0, 0.05) is 15.9 Å². The summed E-state index contributed by atoms with van der Waals surface area (Å²) in [4.78, 5) is 18.6. The van der Waals surface area contributed by atoms with Gasteiger partial charge in [0.15, 0.2) is 0 Å². The highest BCUT2D eigenvalue weighted by atomic mass is 79.9. The van der Waals surface area contributed by atoms with E-state index in [1.54, 1.807) is 0 Å². The van der Waals surface area contributed by atoms with E-state index in [2.05, 4.69) is 31.2 Å². The lowest BCUT2D eigenvalue weighted by Crippen LogP contribution is -2.13. The first-order chi connectivity index (χ1) is 7.66. The van der Waals surface area contributed by atoms with E-state index in [4.69, 9.17) is 0 Å². The Hall–Kier alpha value is -1.62. The molecule has 0 radical (unpaired) electrons. The molecule has 16 heavy (non-hydrogen) atoms. The van der Waals surface area contributed by atoms with Gasteiger partial charge in [0.25, 0.3) is 5.91 Å². The molecule has 2 N–H and O–H groups in total. The Morgan fingerprint density at radius 1 is 1.50 bits per heavy atom. The zero-order chi connectivity index (χ0) is 11.5. The largest absolute Gasteiger partial charge is 0.348 e. The third-order valence-electron chi connectivity index (χ3n) is 2.13. The van der Waals surface area contributed by atoms with Crippen LogP contribution in [0.15, 0.2) is 35.1 Å². The first kappa shape index (κ1) is 10.9. The van der Waals surface area contributed by atoms with Crippen LogP contribution in [-0.2, 0) is 0 Å². The molecule has 0 atom stereocenters. The molecular weight excluding hydrogens is 270 g/mol. The van der Waals surface area contributed by atoms with Gasteiger partial charge in [0.2, 0.25) is 0 Å². The van der Waals surface area contributed by atoms with Gasteiger partial charge in [0.05, 0.1) is 6.33 Å². The van der Waals surface area contributed by atoms with E-state index in [9.17, 15) is 4.79 Å². The molecule has 0 fully saturated rings. The minimum Gasteiger partial charge on any atom is -0.348 e. The molecule has 1 aromatic heterocycles. The number of H-pyrrole nitrogens is 1. The van der Waals surface area contributed by atoms with Crippen LogP contribution in [0.4, 0.5) is 5.69 Å². The number of hydrogen-bond donors (Lipinski definition) is 2. The van der Waals surface area contributed by atoms with Crippen LogP contribution in [-0.4, -0.2) is 15.9 Å². The van der Waals surface area contributed by atoms with E-state index in [0.717, 1.165) is 15.9 Å². The molecule has 2 rings (SSSR count). The zero-order valence-electron chi connectivity index (χ0n) is 8.62. The van der Waals surface area contributed by atoms with Gasteiger partial charge < -0.3 is 10.3 Å². The molecule has 4 nitrogen and oxygen atoms in total. The van der Waals surface area contributed by atoms with Gasteiger partial charge in [-0.15, -0.1) is 0 Å². The lowest BCUT2D eigenvalue weighted by molar-refractivity contribution is 0.102. The van der Waals surface area contributed by atoms with Crippen LogP contribution >= 0.6 is 15.9 Å². The summed E-state index contributed by atoms with van der Waals surface area (Å²) in [5, 5.41) is 2.77. The van der Waals surface area contributed by atoms with E-state index in [0.29, 0.717) is 5.69 Å². The lowest BCUT2D eigenvalue weighted by atomic mass is 10.3. The summed E-state index contributed by atoms with van der Waals surface area (Å²) in [6, 6.07) is 7.41. The third-order valence-corrected chi connectivity index (χ3v) is 2.62. The number of rotatable bonds is 2. The normalized spacial score (nSPS) is 10.1. The van der Waals surface area contributed by atoms with Crippen molar-refractivity contribution < 1.29 is 4.79 Å². The predicted octanol–water partition coefficient (Wildman–Crippen LogP) is 2.73. The number of aromatic nitrogens is 2. The monoisotopic (exact) mass is 279 g/mol. The Bertz CT molecular complexity index is 521. The molecule has 2 aromatic rings. The molecule has 1 heterocycles. The van der Waals surface area contributed by atoms with Crippen molar-refractivity contribution in [3.05, 3.63) is 46.5 Å². The maximum absolute atomic E-state index is 11.8. The van der Waals surface area contributed by atoms with Crippen molar-refractivity contribution in [2.75, 3.05) is 5.32 Å². The fraction of sp³-hybridized carbons (Fsp3) is 0.0909. The van der Waals surface area contributed by atoms with Gasteiger partial charge in [-0.1, -0.05) is 22.0 Å². The molecule has 0 saturated heterocycles. The molecule has 0 spiro atoms. The SMILES string of the molecule is Cc1[nH]cnc1C(=O)Nc1cccc(Br)c1. The topological polar surface area (TPSA) is 57.8 Å². The number of imidazole rings is 1. The minimum absolute atomic E-state index is 0.211. The average Bonchev–Trinajstić information content (AvgIpc) is 2.64. The molecule has 5 heteroatoms. The van der Waals surface area contributed by atoms with Crippen molar-refractivity contribution in [3.63, 3.8) is 0 Å². The average molecular weight is 280 g/mol. The standard InChI is InChI=1S/C11H10BrN3O/c1-7-10(14-6-13-7)11(16)15-9-4-2-3-8(12)5-9/h2-6H,1H3,(H,13,14)(H,15,16). The van der Waals surface area contributed by atoms with Gasteiger partial charge in [0.1, 0.15) is 5.69 Å². The summed E-state index contributed by atoms with van der Waals surface area (Å²) in [6.07, 6.45) is 1.51. The number of nitrogens with one attached hydrogen (secondary N) is 2. The van der Waals surface area contributed by atoms with E-state index in [1.807, 2.05) is 31.2 Å². The predicted molar refractivity (Wildman–Crippen MR) is 65.4 cm³/mol. The molecule has 0 bridgehead atoms.